The molecule has 43 heavy (non-hydrogen) atoms. The summed E-state index contributed by atoms with van der Waals surface area (Å²) < 4.78 is 22.9. The molecule has 1 saturated heterocycles. The van der Waals surface area contributed by atoms with Crippen molar-refractivity contribution < 1.29 is 33.3 Å². The minimum Gasteiger partial charge on any atom is -0.507 e. The van der Waals surface area contributed by atoms with Crippen LogP contribution >= 0.6 is 0 Å². The van der Waals surface area contributed by atoms with Gasteiger partial charge in [-0.3, -0.25) is 9.59 Å². The number of ketones is 1. The summed E-state index contributed by atoms with van der Waals surface area (Å²) in [6.07, 6.45) is 3.39. The first-order chi connectivity index (χ1) is 20.9. The average molecular weight is 582 g/mol. The van der Waals surface area contributed by atoms with Gasteiger partial charge < -0.3 is 28.6 Å². The van der Waals surface area contributed by atoms with E-state index in [-0.39, 0.29) is 17.9 Å². The van der Waals surface area contributed by atoms with Gasteiger partial charge in [-0.25, -0.2) is 0 Å². The average Bonchev–Trinajstić information content (AvgIpc) is 3.63. The molecule has 3 aromatic carbocycles. The fraction of sp³-hybridized carbons (Fsp3) is 0.257. The second-order valence-electron chi connectivity index (χ2n) is 10.4. The maximum absolute atomic E-state index is 13.5. The Hall–Kier alpha value is -4.98. The maximum atomic E-state index is 13.5. The number of aliphatic hydroxyl groups excluding tert-OH is 1. The number of benzene rings is 3. The van der Waals surface area contributed by atoms with Crippen LogP contribution in [-0.4, -0.2) is 35.4 Å². The number of carbonyl (C=O) groups is 2. The van der Waals surface area contributed by atoms with Gasteiger partial charge in [0.05, 0.1) is 38.1 Å². The Bertz CT molecular complexity index is 1610. The van der Waals surface area contributed by atoms with E-state index in [1.54, 1.807) is 54.6 Å². The minimum absolute atomic E-state index is 0.0216. The lowest BCUT2D eigenvalue weighted by atomic mass is 9.95. The van der Waals surface area contributed by atoms with Crippen LogP contribution in [0, 0.1) is 6.92 Å². The number of unbranched alkanes of at least 4 members (excludes halogenated alkanes) is 1. The molecule has 0 radical (unpaired) electrons. The van der Waals surface area contributed by atoms with Crippen molar-refractivity contribution in [2.75, 3.05) is 13.7 Å². The Morgan fingerprint density at radius 1 is 0.953 bits per heavy atom. The predicted molar refractivity (Wildman–Crippen MR) is 162 cm³/mol. The smallest absolute Gasteiger partial charge is 0.296 e. The SMILES string of the molecule is CCCCOc1ccc(C2C(=C(O)c3ccc(OCc4cccc(C)c4)cc3)C(=O)C(=O)N2Cc2ccco2)cc1OC. The van der Waals surface area contributed by atoms with Gasteiger partial charge in [0.15, 0.2) is 11.5 Å². The van der Waals surface area contributed by atoms with E-state index in [2.05, 4.69) is 13.0 Å². The highest BCUT2D eigenvalue weighted by Gasteiger charge is 2.46. The summed E-state index contributed by atoms with van der Waals surface area (Å²) in [5, 5.41) is 11.5. The lowest BCUT2D eigenvalue weighted by Gasteiger charge is -2.25. The van der Waals surface area contributed by atoms with Gasteiger partial charge in [-0.05, 0) is 73.0 Å². The third-order valence-corrected chi connectivity index (χ3v) is 7.32. The summed E-state index contributed by atoms with van der Waals surface area (Å²) in [6, 6.07) is 22.7. The zero-order valence-corrected chi connectivity index (χ0v) is 24.5. The molecule has 1 aromatic heterocycles. The molecule has 0 aliphatic carbocycles. The third kappa shape index (κ3) is 6.59. The summed E-state index contributed by atoms with van der Waals surface area (Å²) in [7, 11) is 1.54. The van der Waals surface area contributed by atoms with Crippen molar-refractivity contribution in [1.82, 2.24) is 4.90 Å². The molecule has 1 aliphatic heterocycles. The maximum Gasteiger partial charge on any atom is 0.296 e. The molecular formula is C35H35NO7. The molecule has 0 spiro atoms. The zero-order valence-electron chi connectivity index (χ0n) is 24.5. The summed E-state index contributed by atoms with van der Waals surface area (Å²) in [4.78, 5) is 28.2. The summed E-state index contributed by atoms with van der Waals surface area (Å²) in [5.41, 5.74) is 3.14. The number of nitrogens with zero attached hydrogens (tertiary/aromatic N) is 1. The van der Waals surface area contributed by atoms with Crippen molar-refractivity contribution in [3.63, 3.8) is 0 Å². The molecule has 0 saturated carbocycles. The standard InChI is InChI=1S/C35H35NO7/c1-4-5-17-42-29-16-13-26(20-30(29)40-3)32-31(34(38)35(39)36(32)21-28-10-7-18-41-28)33(37)25-11-14-27(15-12-25)43-22-24-9-6-8-23(2)19-24/h6-16,18-20,32,37H,4-5,17,21-22H2,1-3H3. The monoisotopic (exact) mass is 581 g/mol. The van der Waals surface area contributed by atoms with Crippen LogP contribution in [0.1, 0.15) is 53.8 Å². The normalized spacial score (nSPS) is 16.0. The molecule has 2 heterocycles. The number of hydrogen-bond acceptors (Lipinski definition) is 7. The first-order valence-electron chi connectivity index (χ1n) is 14.3. The Labute approximate surface area is 251 Å². The van der Waals surface area contributed by atoms with Crippen molar-refractivity contribution in [1.29, 1.82) is 0 Å². The van der Waals surface area contributed by atoms with Gasteiger partial charge >= 0.3 is 0 Å². The first kappa shape index (κ1) is 29.5. The van der Waals surface area contributed by atoms with Crippen molar-refractivity contribution in [2.24, 2.45) is 0 Å². The highest BCUT2D eigenvalue weighted by molar-refractivity contribution is 6.46. The number of furan rings is 1. The molecule has 0 bridgehead atoms. The van der Waals surface area contributed by atoms with Crippen molar-refractivity contribution in [3.8, 4) is 17.2 Å². The summed E-state index contributed by atoms with van der Waals surface area (Å²) >= 11 is 0. The van der Waals surface area contributed by atoms with E-state index in [1.807, 2.05) is 25.1 Å². The van der Waals surface area contributed by atoms with Crippen LogP contribution in [0.3, 0.4) is 0 Å². The summed E-state index contributed by atoms with van der Waals surface area (Å²) in [5.74, 6) is 0.345. The molecule has 1 N–H and O–H groups in total. The number of aryl methyl sites for hydroxylation is 1. The fourth-order valence-electron chi connectivity index (χ4n) is 5.09. The van der Waals surface area contributed by atoms with Crippen LogP contribution in [0.5, 0.6) is 17.2 Å². The van der Waals surface area contributed by atoms with E-state index >= 15 is 0 Å². The number of likely N-dealkylation sites (tertiary alicyclic amines) is 1. The van der Waals surface area contributed by atoms with Gasteiger partial charge in [-0.2, -0.15) is 0 Å². The molecular weight excluding hydrogens is 546 g/mol. The number of amides is 1. The van der Waals surface area contributed by atoms with Crippen molar-refractivity contribution in [3.05, 3.63) is 119 Å². The van der Waals surface area contributed by atoms with Crippen molar-refractivity contribution in [2.45, 2.75) is 45.9 Å². The van der Waals surface area contributed by atoms with Crippen molar-refractivity contribution >= 4 is 17.4 Å². The van der Waals surface area contributed by atoms with Crippen LogP contribution in [0.4, 0.5) is 0 Å². The highest BCUT2D eigenvalue weighted by Crippen LogP contribution is 2.43. The number of rotatable bonds is 12. The van der Waals surface area contributed by atoms with Gasteiger partial charge in [-0.1, -0.05) is 49.2 Å². The van der Waals surface area contributed by atoms with E-state index in [9.17, 15) is 14.7 Å². The Morgan fingerprint density at radius 2 is 1.77 bits per heavy atom. The Kier molecular flexibility index (Phi) is 9.15. The lowest BCUT2D eigenvalue weighted by molar-refractivity contribution is -0.140. The molecule has 1 aliphatic rings. The molecule has 222 valence electrons. The first-order valence-corrected chi connectivity index (χ1v) is 14.3. The number of aliphatic hydroxyl groups is 1. The van der Waals surface area contributed by atoms with Crippen LogP contribution in [-0.2, 0) is 22.7 Å². The van der Waals surface area contributed by atoms with Crippen LogP contribution in [0.15, 0.2) is 95.1 Å². The number of hydrogen-bond donors (Lipinski definition) is 1. The topological polar surface area (TPSA) is 98.4 Å². The second kappa shape index (κ2) is 13.3. The third-order valence-electron chi connectivity index (χ3n) is 7.32. The van der Waals surface area contributed by atoms with Crippen LogP contribution < -0.4 is 14.2 Å². The molecule has 8 heteroatoms. The molecule has 1 fully saturated rings. The highest BCUT2D eigenvalue weighted by atomic mass is 16.5. The van der Waals surface area contributed by atoms with E-state index in [0.717, 1.165) is 24.0 Å². The Balaban J connectivity index is 1.48. The van der Waals surface area contributed by atoms with E-state index in [4.69, 9.17) is 18.6 Å². The second-order valence-corrected chi connectivity index (χ2v) is 10.4. The number of Topliss-reactive ketones (excluding diaryl/α,β-unsaturated/α-hetero) is 1. The van der Waals surface area contributed by atoms with Gasteiger partial charge in [0.25, 0.3) is 11.7 Å². The molecule has 8 nitrogen and oxygen atoms in total. The Morgan fingerprint density at radius 3 is 2.47 bits per heavy atom. The predicted octanol–water partition coefficient (Wildman–Crippen LogP) is 6.98. The molecule has 1 amide bonds. The quantitative estimate of drug-likeness (QED) is 0.0834. The number of carbonyl (C=O) groups excluding carboxylic acids is 2. The number of ether oxygens (including phenoxy) is 3. The van der Waals surface area contributed by atoms with Gasteiger partial charge in [0.2, 0.25) is 0 Å². The molecule has 5 rings (SSSR count). The van der Waals surface area contributed by atoms with Gasteiger partial charge in [0.1, 0.15) is 23.9 Å². The molecule has 1 atom stereocenters. The molecule has 1 unspecified atom stereocenters. The lowest BCUT2D eigenvalue weighted by Crippen LogP contribution is -2.29. The fourth-order valence-corrected chi connectivity index (χ4v) is 5.09. The van der Waals surface area contributed by atoms with Gasteiger partial charge in [0, 0.05) is 5.56 Å². The van der Waals surface area contributed by atoms with Crippen LogP contribution in [0.25, 0.3) is 5.76 Å². The van der Waals surface area contributed by atoms with Crippen LogP contribution in [0.2, 0.25) is 0 Å². The zero-order chi connectivity index (χ0) is 30.3. The largest absolute Gasteiger partial charge is 0.507 e. The van der Waals surface area contributed by atoms with E-state index < -0.39 is 17.7 Å². The van der Waals surface area contributed by atoms with Gasteiger partial charge in [-0.15, -0.1) is 0 Å². The summed E-state index contributed by atoms with van der Waals surface area (Å²) in [6.45, 7) is 5.08. The molecule has 4 aromatic rings. The minimum atomic E-state index is -0.888. The number of methoxy groups -OCH3 is 1. The van der Waals surface area contributed by atoms with E-state index in [0.29, 0.717) is 47.3 Å². The van der Waals surface area contributed by atoms with E-state index in [1.165, 1.54) is 18.3 Å².